The van der Waals surface area contributed by atoms with Gasteiger partial charge in [0.1, 0.15) is 23.7 Å². The van der Waals surface area contributed by atoms with Gasteiger partial charge in [0.2, 0.25) is 0 Å². The number of ether oxygens (including phenoxy) is 2. The van der Waals surface area contributed by atoms with Crippen LogP contribution in [0.5, 0.6) is 11.5 Å². The van der Waals surface area contributed by atoms with E-state index in [9.17, 15) is 9.59 Å². The van der Waals surface area contributed by atoms with Crippen molar-refractivity contribution in [3.05, 3.63) is 125 Å². The Labute approximate surface area is 195 Å². The van der Waals surface area contributed by atoms with E-state index in [0.717, 1.165) is 27.6 Å². The Bertz CT molecular complexity index is 1550. The molecule has 0 radical (unpaired) electrons. The second-order valence-corrected chi connectivity index (χ2v) is 7.69. The minimum absolute atomic E-state index is 0.297. The van der Waals surface area contributed by atoms with E-state index >= 15 is 0 Å². The molecule has 0 amide bonds. The van der Waals surface area contributed by atoms with Crippen molar-refractivity contribution in [1.29, 1.82) is 0 Å². The van der Waals surface area contributed by atoms with Gasteiger partial charge in [-0.15, -0.1) is 0 Å². The highest BCUT2D eigenvalue weighted by molar-refractivity contribution is 6.04. The zero-order valence-corrected chi connectivity index (χ0v) is 18.1. The predicted molar refractivity (Wildman–Crippen MR) is 132 cm³/mol. The van der Waals surface area contributed by atoms with Gasteiger partial charge in [0.05, 0.1) is 5.39 Å². The quantitative estimate of drug-likeness (QED) is 0.103. The molecule has 5 rings (SSSR count). The average Bonchev–Trinajstić information content (AvgIpc) is 2.87. The summed E-state index contributed by atoms with van der Waals surface area (Å²) >= 11 is 0. The summed E-state index contributed by atoms with van der Waals surface area (Å²) in [6, 6.07) is 29.6. The van der Waals surface area contributed by atoms with Crippen molar-refractivity contribution in [1.82, 2.24) is 0 Å². The van der Waals surface area contributed by atoms with Gasteiger partial charge in [0, 0.05) is 17.5 Å². The number of rotatable bonds is 6. The minimum Gasteiger partial charge on any atom is -0.489 e. The number of carbonyl (C=O) groups is 1. The number of esters is 1. The molecular formula is C29H20O5. The van der Waals surface area contributed by atoms with Crippen LogP contribution in [0, 0.1) is 0 Å². The van der Waals surface area contributed by atoms with Gasteiger partial charge >= 0.3 is 11.6 Å². The largest absolute Gasteiger partial charge is 0.489 e. The lowest BCUT2D eigenvalue weighted by Gasteiger charge is -2.06. The Morgan fingerprint density at radius 2 is 1.47 bits per heavy atom. The summed E-state index contributed by atoms with van der Waals surface area (Å²) in [4.78, 5) is 24.5. The Balaban J connectivity index is 1.24. The van der Waals surface area contributed by atoms with Gasteiger partial charge in [-0.25, -0.2) is 9.59 Å². The van der Waals surface area contributed by atoms with Crippen molar-refractivity contribution in [3.8, 4) is 11.5 Å². The number of hydrogen-bond acceptors (Lipinski definition) is 5. The zero-order valence-electron chi connectivity index (χ0n) is 18.1. The molecule has 1 aromatic heterocycles. The first-order valence-corrected chi connectivity index (χ1v) is 10.8. The third kappa shape index (κ3) is 4.74. The first-order chi connectivity index (χ1) is 16.7. The molecule has 0 saturated carbocycles. The van der Waals surface area contributed by atoms with Crippen LogP contribution in [0.15, 0.2) is 112 Å². The van der Waals surface area contributed by atoms with Crippen LogP contribution >= 0.6 is 0 Å². The molecule has 0 N–H and O–H groups in total. The van der Waals surface area contributed by atoms with Crippen molar-refractivity contribution in [2.24, 2.45) is 0 Å². The molecule has 34 heavy (non-hydrogen) atoms. The first kappa shape index (κ1) is 21.2. The predicted octanol–water partition coefficient (Wildman–Crippen LogP) is 6.14. The van der Waals surface area contributed by atoms with Crippen LogP contribution in [0.1, 0.15) is 11.1 Å². The minimum atomic E-state index is -0.535. The highest BCUT2D eigenvalue weighted by atomic mass is 16.5. The summed E-state index contributed by atoms with van der Waals surface area (Å²) in [5.74, 6) is 0.505. The molecule has 0 saturated heterocycles. The first-order valence-electron chi connectivity index (χ1n) is 10.8. The molecule has 4 aromatic carbocycles. The van der Waals surface area contributed by atoms with Crippen LogP contribution in [0.4, 0.5) is 0 Å². The molecule has 0 spiro atoms. The highest BCUT2D eigenvalue weighted by Crippen LogP contribution is 2.26. The Morgan fingerprint density at radius 3 is 2.26 bits per heavy atom. The van der Waals surface area contributed by atoms with Crippen molar-refractivity contribution < 1.29 is 18.7 Å². The van der Waals surface area contributed by atoms with E-state index in [1.54, 1.807) is 36.4 Å². The van der Waals surface area contributed by atoms with Crippen LogP contribution in [0.25, 0.3) is 27.8 Å². The summed E-state index contributed by atoms with van der Waals surface area (Å²) in [5.41, 5.74) is 1.86. The summed E-state index contributed by atoms with van der Waals surface area (Å²) in [7, 11) is 0. The lowest BCUT2D eigenvalue weighted by molar-refractivity contribution is -0.128. The van der Waals surface area contributed by atoms with Crippen LogP contribution in [0.3, 0.4) is 0 Å². The topological polar surface area (TPSA) is 65.7 Å². The number of fused-ring (bicyclic) bond motifs is 3. The van der Waals surface area contributed by atoms with E-state index in [-0.39, 0.29) is 0 Å². The Hall–Kier alpha value is -4.64. The third-order valence-electron chi connectivity index (χ3n) is 5.35. The third-order valence-corrected chi connectivity index (χ3v) is 5.35. The summed E-state index contributed by atoms with van der Waals surface area (Å²) in [5, 5.41) is 2.09. The standard InChI is InChI=1S/C29H20O5/c30-28(17-12-20-10-13-22(14-11-20)32-19-21-6-2-1-3-7-21)33-23-15-16-25-24-8-4-5-9-26(24)29(31)34-27(25)18-23/h1-18H,19H2/b17-12+. The summed E-state index contributed by atoms with van der Waals surface area (Å²) in [6.07, 6.45) is 3.01. The fourth-order valence-corrected chi connectivity index (χ4v) is 3.65. The highest BCUT2D eigenvalue weighted by Gasteiger charge is 2.09. The smallest absolute Gasteiger partial charge is 0.344 e. The van der Waals surface area contributed by atoms with E-state index in [1.165, 1.54) is 6.08 Å². The van der Waals surface area contributed by atoms with E-state index in [4.69, 9.17) is 13.9 Å². The van der Waals surface area contributed by atoms with Crippen LogP contribution in [-0.2, 0) is 11.4 Å². The molecule has 0 aliphatic heterocycles. The van der Waals surface area contributed by atoms with Crippen LogP contribution in [-0.4, -0.2) is 5.97 Å². The summed E-state index contributed by atoms with van der Waals surface area (Å²) in [6.45, 7) is 0.490. The maximum atomic E-state index is 12.3. The van der Waals surface area contributed by atoms with Gasteiger partial charge in [-0.2, -0.15) is 0 Å². The second-order valence-electron chi connectivity index (χ2n) is 7.69. The van der Waals surface area contributed by atoms with Gasteiger partial charge < -0.3 is 13.9 Å². The molecule has 1 heterocycles. The molecule has 0 fully saturated rings. The monoisotopic (exact) mass is 448 g/mol. The number of carbonyl (C=O) groups excluding carboxylic acids is 1. The van der Waals surface area contributed by atoms with Gasteiger partial charge in [-0.1, -0.05) is 60.7 Å². The SMILES string of the molecule is O=C(/C=C/c1ccc(OCc2ccccc2)cc1)Oc1ccc2c(c1)oc(=O)c1ccccc12. The molecule has 166 valence electrons. The van der Waals surface area contributed by atoms with Gasteiger partial charge in [-0.3, -0.25) is 0 Å². The fourth-order valence-electron chi connectivity index (χ4n) is 3.65. The van der Waals surface area contributed by atoms with Crippen molar-refractivity contribution >= 4 is 33.8 Å². The van der Waals surface area contributed by atoms with Crippen molar-refractivity contribution in [2.75, 3.05) is 0 Å². The molecule has 0 aliphatic rings. The molecular weight excluding hydrogens is 428 g/mol. The normalized spacial score (nSPS) is 11.2. The van der Waals surface area contributed by atoms with E-state index in [1.807, 2.05) is 66.7 Å². The Kier molecular flexibility index (Phi) is 5.91. The van der Waals surface area contributed by atoms with Gasteiger partial charge in [0.25, 0.3) is 0 Å². The van der Waals surface area contributed by atoms with Crippen molar-refractivity contribution in [3.63, 3.8) is 0 Å². The molecule has 5 heteroatoms. The fraction of sp³-hybridized carbons (Fsp3) is 0.0345. The molecule has 5 nitrogen and oxygen atoms in total. The molecule has 0 aliphatic carbocycles. The maximum absolute atomic E-state index is 12.3. The number of hydrogen-bond donors (Lipinski definition) is 0. The van der Waals surface area contributed by atoms with Crippen LogP contribution < -0.4 is 15.1 Å². The van der Waals surface area contributed by atoms with Crippen LogP contribution in [0.2, 0.25) is 0 Å². The number of benzene rings is 4. The van der Waals surface area contributed by atoms with Crippen molar-refractivity contribution in [2.45, 2.75) is 6.61 Å². The van der Waals surface area contributed by atoms with Gasteiger partial charge in [-0.05, 0) is 52.9 Å². The van der Waals surface area contributed by atoms with E-state index in [2.05, 4.69) is 0 Å². The average molecular weight is 448 g/mol. The summed E-state index contributed by atoms with van der Waals surface area (Å²) < 4.78 is 16.6. The molecule has 0 bridgehead atoms. The lowest BCUT2D eigenvalue weighted by atomic mass is 10.1. The lowest BCUT2D eigenvalue weighted by Crippen LogP contribution is -2.04. The van der Waals surface area contributed by atoms with E-state index in [0.29, 0.717) is 23.3 Å². The molecule has 0 atom stereocenters. The van der Waals surface area contributed by atoms with E-state index < -0.39 is 11.6 Å². The Morgan fingerprint density at radius 1 is 0.765 bits per heavy atom. The molecule has 5 aromatic rings. The second kappa shape index (κ2) is 9.46. The maximum Gasteiger partial charge on any atom is 0.344 e. The van der Waals surface area contributed by atoms with Gasteiger partial charge in [0.15, 0.2) is 0 Å². The molecule has 0 unspecified atom stereocenters. The zero-order chi connectivity index (χ0) is 23.3.